The van der Waals surface area contributed by atoms with Crippen LogP contribution in [0, 0.1) is 11.8 Å². The van der Waals surface area contributed by atoms with E-state index >= 15 is 0 Å². The third kappa shape index (κ3) is 3.96. The minimum Gasteiger partial charge on any atom is -0.481 e. The fourth-order valence-corrected chi connectivity index (χ4v) is 3.81. The Labute approximate surface area is 126 Å². The molecule has 0 aromatic rings. The maximum atomic E-state index is 12.7. The predicted molar refractivity (Wildman–Crippen MR) is 80.7 cm³/mol. The SMILES string of the molecule is CC(CC(=O)O)C1CCCN(C(=O)C2(N)CCCCC2)C1. The molecular formula is C16H28N2O3. The summed E-state index contributed by atoms with van der Waals surface area (Å²) in [5.74, 6) is -0.271. The van der Waals surface area contributed by atoms with E-state index in [0.717, 1.165) is 45.1 Å². The Morgan fingerprint density at radius 3 is 2.57 bits per heavy atom. The largest absolute Gasteiger partial charge is 0.481 e. The summed E-state index contributed by atoms with van der Waals surface area (Å²) in [6, 6.07) is 0. The molecule has 0 bridgehead atoms. The molecule has 2 unspecified atom stereocenters. The number of carbonyl (C=O) groups excluding carboxylic acids is 1. The third-order valence-corrected chi connectivity index (χ3v) is 5.22. The lowest BCUT2D eigenvalue weighted by molar-refractivity contribution is -0.141. The van der Waals surface area contributed by atoms with E-state index in [1.54, 1.807) is 0 Å². The number of carboxylic acids is 1. The molecule has 1 aliphatic heterocycles. The van der Waals surface area contributed by atoms with Crippen LogP contribution < -0.4 is 5.73 Å². The molecule has 1 amide bonds. The number of likely N-dealkylation sites (tertiary alicyclic amines) is 1. The van der Waals surface area contributed by atoms with Crippen LogP contribution in [-0.4, -0.2) is 40.5 Å². The van der Waals surface area contributed by atoms with Gasteiger partial charge in [0, 0.05) is 19.5 Å². The van der Waals surface area contributed by atoms with Crippen molar-refractivity contribution >= 4 is 11.9 Å². The lowest BCUT2D eigenvalue weighted by Gasteiger charge is -2.41. The first-order chi connectivity index (χ1) is 9.92. The summed E-state index contributed by atoms with van der Waals surface area (Å²) in [6.45, 7) is 3.42. The molecule has 1 saturated heterocycles. The number of nitrogens with two attached hydrogens (primary N) is 1. The highest BCUT2D eigenvalue weighted by atomic mass is 16.4. The van der Waals surface area contributed by atoms with Crippen molar-refractivity contribution < 1.29 is 14.7 Å². The molecule has 2 rings (SSSR count). The Balaban J connectivity index is 1.96. The van der Waals surface area contributed by atoms with Crippen molar-refractivity contribution in [1.29, 1.82) is 0 Å². The van der Waals surface area contributed by atoms with Gasteiger partial charge in [-0.2, -0.15) is 0 Å². The maximum absolute atomic E-state index is 12.7. The number of aliphatic carboxylic acids is 1. The zero-order chi connectivity index (χ0) is 15.5. The van der Waals surface area contributed by atoms with Gasteiger partial charge in [-0.15, -0.1) is 0 Å². The van der Waals surface area contributed by atoms with Crippen LogP contribution >= 0.6 is 0 Å². The first kappa shape index (κ1) is 16.3. The fourth-order valence-electron chi connectivity index (χ4n) is 3.81. The van der Waals surface area contributed by atoms with E-state index in [0.29, 0.717) is 6.54 Å². The van der Waals surface area contributed by atoms with Gasteiger partial charge in [0.1, 0.15) is 0 Å². The highest BCUT2D eigenvalue weighted by molar-refractivity contribution is 5.86. The molecule has 21 heavy (non-hydrogen) atoms. The molecule has 0 aromatic heterocycles. The molecule has 1 aliphatic carbocycles. The van der Waals surface area contributed by atoms with Crippen molar-refractivity contribution in [2.45, 2.75) is 63.8 Å². The Kier molecular flexibility index (Phi) is 5.25. The Hall–Kier alpha value is -1.10. The fraction of sp³-hybridized carbons (Fsp3) is 0.875. The number of hydrogen-bond acceptors (Lipinski definition) is 3. The van der Waals surface area contributed by atoms with Crippen molar-refractivity contribution in [3.05, 3.63) is 0 Å². The van der Waals surface area contributed by atoms with E-state index in [9.17, 15) is 9.59 Å². The molecule has 1 saturated carbocycles. The number of piperidine rings is 1. The minimum absolute atomic E-state index is 0.0921. The van der Waals surface area contributed by atoms with Crippen LogP contribution in [0.4, 0.5) is 0 Å². The second-order valence-electron chi connectivity index (χ2n) is 6.95. The lowest BCUT2D eigenvalue weighted by atomic mass is 9.79. The second kappa shape index (κ2) is 6.77. The van der Waals surface area contributed by atoms with E-state index in [4.69, 9.17) is 10.8 Å². The topological polar surface area (TPSA) is 83.6 Å². The molecule has 0 spiro atoms. The van der Waals surface area contributed by atoms with Crippen molar-refractivity contribution in [1.82, 2.24) is 4.90 Å². The molecule has 0 radical (unpaired) electrons. The van der Waals surface area contributed by atoms with Crippen molar-refractivity contribution in [2.75, 3.05) is 13.1 Å². The lowest BCUT2D eigenvalue weighted by Crippen LogP contribution is -2.58. The van der Waals surface area contributed by atoms with Gasteiger partial charge >= 0.3 is 5.97 Å². The van der Waals surface area contributed by atoms with Gasteiger partial charge in [-0.1, -0.05) is 26.2 Å². The number of carbonyl (C=O) groups is 2. The number of rotatable bonds is 4. The molecular weight excluding hydrogens is 268 g/mol. The van der Waals surface area contributed by atoms with Gasteiger partial charge in [0.25, 0.3) is 0 Å². The summed E-state index contributed by atoms with van der Waals surface area (Å²) >= 11 is 0. The summed E-state index contributed by atoms with van der Waals surface area (Å²) < 4.78 is 0. The van der Waals surface area contributed by atoms with Crippen LogP contribution in [0.2, 0.25) is 0 Å². The van der Waals surface area contributed by atoms with Gasteiger partial charge in [-0.25, -0.2) is 0 Å². The van der Waals surface area contributed by atoms with E-state index < -0.39 is 11.5 Å². The quantitative estimate of drug-likeness (QED) is 0.831. The van der Waals surface area contributed by atoms with Gasteiger partial charge in [0.15, 0.2) is 0 Å². The zero-order valence-corrected chi connectivity index (χ0v) is 13.0. The van der Waals surface area contributed by atoms with Crippen LogP contribution in [0.3, 0.4) is 0 Å². The molecule has 2 atom stereocenters. The summed E-state index contributed by atoms with van der Waals surface area (Å²) in [5.41, 5.74) is 5.68. The molecule has 1 heterocycles. The zero-order valence-electron chi connectivity index (χ0n) is 13.0. The molecule has 5 nitrogen and oxygen atoms in total. The van der Waals surface area contributed by atoms with Gasteiger partial charge in [0.2, 0.25) is 5.91 Å². The third-order valence-electron chi connectivity index (χ3n) is 5.22. The monoisotopic (exact) mass is 296 g/mol. The Morgan fingerprint density at radius 2 is 1.95 bits per heavy atom. The molecule has 2 aliphatic rings. The number of amides is 1. The smallest absolute Gasteiger partial charge is 0.303 e. The second-order valence-corrected chi connectivity index (χ2v) is 6.95. The predicted octanol–water partition coefficient (Wildman–Crippen LogP) is 2.00. The summed E-state index contributed by atoms with van der Waals surface area (Å²) in [5, 5.41) is 8.93. The van der Waals surface area contributed by atoms with Crippen LogP contribution in [0.25, 0.3) is 0 Å². The molecule has 120 valence electrons. The van der Waals surface area contributed by atoms with Crippen LogP contribution in [0.15, 0.2) is 0 Å². The number of hydrogen-bond donors (Lipinski definition) is 2. The highest BCUT2D eigenvalue weighted by Crippen LogP contribution is 2.31. The average Bonchev–Trinajstić information content (AvgIpc) is 2.46. The normalized spacial score (nSPS) is 27.1. The van der Waals surface area contributed by atoms with E-state index in [-0.39, 0.29) is 24.2 Å². The van der Waals surface area contributed by atoms with Crippen molar-refractivity contribution in [3.8, 4) is 0 Å². The molecule has 5 heteroatoms. The van der Waals surface area contributed by atoms with Gasteiger partial charge < -0.3 is 15.7 Å². The number of nitrogens with zero attached hydrogens (tertiary/aromatic N) is 1. The van der Waals surface area contributed by atoms with Gasteiger partial charge in [0.05, 0.1) is 5.54 Å². The standard InChI is InChI=1S/C16H28N2O3/c1-12(10-14(19)20)13-6-5-9-18(11-13)15(21)16(17)7-3-2-4-8-16/h12-13H,2-11,17H2,1H3,(H,19,20). The summed E-state index contributed by atoms with van der Waals surface area (Å²) in [6.07, 6.45) is 6.97. The first-order valence-corrected chi connectivity index (χ1v) is 8.22. The van der Waals surface area contributed by atoms with Crippen LogP contribution in [0.5, 0.6) is 0 Å². The van der Waals surface area contributed by atoms with Crippen molar-refractivity contribution in [3.63, 3.8) is 0 Å². The molecule has 0 aromatic carbocycles. The average molecular weight is 296 g/mol. The Bertz CT molecular complexity index is 391. The number of carboxylic acid groups (broad SMARTS) is 1. The van der Waals surface area contributed by atoms with Crippen molar-refractivity contribution in [2.24, 2.45) is 17.6 Å². The van der Waals surface area contributed by atoms with Gasteiger partial charge in [-0.05, 0) is 37.5 Å². The van der Waals surface area contributed by atoms with Crippen LogP contribution in [-0.2, 0) is 9.59 Å². The molecule has 2 fully saturated rings. The summed E-state index contributed by atoms with van der Waals surface area (Å²) in [7, 11) is 0. The Morgan fingerprint density at radius 1 is 1.29 bits per heavy atom. The van der Waals surface area contributed by atoms with Gasteiger partial charge in [-0.3, -0.25) is 9.59 Å². The van der Waals surface area contributed by atoms with E-state index in [2.05, 4.69) is 0 Å². The molecule has 3 N–H and O–H groups in total. The summed E-state index contributed by atoms with van der Waals surface area (Å²) in [4.78, 5) is 25.5. The first-order valence-electron chi connectivity index (χ1n) is 8.22. The highest BCUT2D eigenvalue weighted by Gasteiger charge is 2.40. The van der Waals surface area contributed by atoms with E-state index in [1.807, 2.05) is 11.8 Å². The van der Waals surface area contributed by atoms with Crippen LogP contribution in [0.1, 0.15) is 58.3 Å². The maximum Gasteiger partial charge on any atom is 0.303 e. The van der Waals surface area contributed by atoms with E-state index in [1.165, 1.54) is 6.42 Å². The minimum atomic E-state index is -0.756.